The molecule has 0 aliphatic carbocycles. The first-order chi connectivity index (χ1) is 13.6. The van der Waals surface area contributed by atoms with Crippen LogP contribution in [0.4, 0.5) is 4.39 Å². The van der Waals surface area contributed by atoms with Crippen molar-refractivity contribution in [3.05, 3.63) is 64.2 Å². The monoisotopic (exact) mass is 397 g/mol. The van der Waals surface area contributed by atoms with E-state index in [0.717, 1.165) is 72.8 Å². The van der Waals surface area contributed by atoms with Gasteiger partial charge in [-0.3, -0.25) is 4.90 Å². The third kappa shape index (κ3) is 3.23. The van der Waals surface area contributed by atoms with Crippen molar-refractivity contribution in [3.63, 3.8) is 0 Å². The second-order valence-electron chi connectivity index (χ2n) is 8.32. The van der Waals surface area contributed by atoms with Crippen molar-refractivity contribution >= 4 is 22.6 Å². The fraction of sp³-hybridized carbons (Fsp3) is 0.435. The lowest BCUT2D eigenvalue weighted by molar-refractivity contribution is 0.196. The molecule has 2 aliphatic heterocycles. The van der Waals surface area contributed by atoms with Gasteiger partial charge in [-0.15, -0.1) is 0 Å². The predicted molar refractivity (Wildman–Crippen MR) is 111 cm³/mol. The minimum Gasteiger partial charge on any atom is -0.324 e. The van der Waals surface area contributed by atoms with Crippen LogP contribution in [0.1, 0.15) is 55.1 Å². The normalized spacial score (nSPS) is 20.8. The molecule has 1 aromatic heterocycles. The van der Waals surface area contributed by atoms with Crippen LogP contribution >= 0.6 is 11.6 Å². The number of rotatable bonds is 3. The van der Waals surface area contributed by atoms with Crippen molar-refractivity contribution in [3.8, 4) is 0 Å². The van der Waals surface area contributed by atoms with Gasteiger partial charge in [0.05, 0.1) is 17.6 Å². The number of hydrogen-bond acceptors (Lipinski definition) is 2. The van der Waals surface area contributed by atoms with Crippen LogP contribution in [0.15, 0.2) is 36.4 Å². The zero-order valence-corrected chi connectivity index (χ0v) is 16.9. The van der Waals surface area contributed by atoms with Crippen molar-refractivity contribution in [1.82, 2.24) is 14.5 Å². The lowest BCUT2D eigenvalue weighted by atomic mass is 9.89. The number of aryl methyl sites for hydroxylation is 1. The summed E-state index contributed by atoms with van der Waals surface area (Å²) in [7, 11) is 0. The molecule has 1 fully saturated rings. The van der Waals surface area contributed by atoms with E-state index in [2.05, 4.69) is 28.5 Å². The van der Waals surface area contributed by atoms with E-state index in [1.165, 1.54) is 5.56 Å². The minimum absolute atomic E-state index is 0.169. The van der Waals surface area contributed by atoms with Gasteiger partial charge in [-0.1, -0.05) is 23.7 Å². The molecule has 0 saturated carbocycles. The van der Waals surface area contributed by atoms with E-state index in [0.29, 0.717) is 12.0 Å². The molecule has 1 atom stereocenters. The summed E-state index contributed by atoms with van der Waals surface area (Å²) in [5.41, 5.74) is 4.45. The van der Waals surface area contributed by atoms with Crippen molar-refractivity contribution in [2.45, 2.75) is 51.1 Å². The fourth-order valence-corrected chi connectivity index (χ4v) is 5.08. The lowest BCUT2D eigenvalue weighted by Crippen LogP contribution is -2.33. The number of benzene rings is 2. The molecular weight excluding hydrogens is 373 g/mol. The van der Waals surface area contributed by atoms with E-state index in [9.17, 15) is 4.39 Å². The topological polar surface area (TPSA) is 21.1 Å². The van der Waals surface area contributed by atoms with Crippen LogP contribution in [0, 0.1) is 5.82 Å². The van der Waals surface area contributed by atoms with Gasteiger partial charge in [-0.05, 0) is 80.9 Å². The average molecular weight is 398 g/mol. The smallest absolute Gasteiger partial charge is 0.125 e. The lowest BCUT2D eigenvalue weighted by Gasteiger charge is -2.33. The Morgan fingerprint density at radius 2 is 1.86 bits per heavy atom. The summed E-state index contributed by atoms with van der Waals surface area (Å²) < 4.78 is 16.3. The number of piperidine rings is 1. The number of imidazole rings is 1. The molecule has 0 amide bonds. The molecule has 3 heterocycles. The van der Waals surface area contributed by atoms with Gasteiger partial charge in [0.1, 0.15) is 11.6 Å². The highest BCUT2D eigenvalue weighted by molar-refractivity contribution is 6.30. The molecule has 0 N–H and O–H groups in total. The van der Waals surface area contributed by atoms with E-state index < -0.39 is 0 Å². The quantitative estimate of drug-likeness (QED) is 0.564. The van der Waals surface area contributed by atoms with Crippen LogP contribution in [-0.2, 0) is 13.0 Å². The Hall–Kier alpha value is -1.91. The Morgan fingerprint density at radius 3 is 2.61 bits per heavy atom. The number of halogens is 2. The molecule has 1 saturated heterocycles. The van der Waals surface area contributed by atoms with Gasteiger partial charge >= 0.3 is 0 Å². The van der Waals surface area contributed by atoms with Crippen molar-refractivity contribution in [2.24, 2.45) is 0 Å². The van der Waals surface area contributed by atoms with E-state index in [4.69, 9.17) is 16.6 Å². The van der Waals surface area contributed by atoms with Crippen LogP contribution in [0.3, 0.4) is 0 Å². The van der Waals surface area contributed by atoms with Gasteiger partial charge in [0.15, 0.2) is 0 Å². The Labute approximate surface area is 170 Å². The van der Waals surface area contributed by atoms with Gasteiger partial charge in [0.2, 0.25) is 0 Å². The Kier molecular flexibility index (Phi) is 4.64. The SMILES string of the molecule is CC1CCc2cc(F)cc3nc(CN4CCC(c5ccc(Cl)cc5)CC4)n1c23. The summed E-state index contributed by atoms with van der Waals surface area (Å²) in [5, 5.41) is 0.798. The van der Waals surface area contributed by atoms with Crippen LogP contribution in [0.25, 0.3) is 11.0 Å². The Balaban J connectivity index is 1.35. The molecule has 3 nitrogen and oxygen atoms in total. The highest BCUT2D eigenvalue weighted by Gasteiger charge is 2.26. The summed E-state index contributed by atoms with van der Waals surface area (Å²) in [6, 6.07) is 12.0. The zero-order chi connectivity index (χ0) is 19.3. The molecule has 5 heteroatoms. The molecule has 3 aromatic rings. The first kappa shape index (κ1) is 18.1. The maximum absolute atomic E-state index is 14.0. The first-order valence-electron chi connectivity index (χ1n) is 10.3. The first-order valence-corrected chi connectivity index (χ1v) is 10.6. The van der Waals surface area contributed by atoms with Gasteiger partial charge in [0.25, 0.3) is 0 Å². The summed E-state index contributed by atoms with van der Waals surface area (Å²) in [6.07, 6.45) is 4.29. The highest BCUT2D eigenvalue weighted by Crippen LogP contribution is 2.34. The van der Waals surface area contributed by atoms with Crippen molar-refractivity contribution in [2.75, 3.05) is 13.1 Å². The molecular formula is C23H25ClFN3. The summed E-state index contributed by atoms with van der Waals surface area (Å²) in [4.78, 5) is 7.34. The van der Waals surface area contributed by atoms with Gasteiger partial charge in [0, 0.05) is 17.1 Å². The molecule has 28 heavy (non-hydrogen) atoms. The summed E-state index contributed by atoms with van der Waals surface area (Å²) in [5.74, 6) is 1.52. The molecule has 0 bridgehead atoms. The minimum atomic E-state index is -0.169. The number of hydrogen-bond donors (Lipinski definition) is 0. The van der Waals surface area contributed by atoms with Gasteiger partial charge in [-0.25, -0.2) is 9.37 Å². The second kappa shape index (κ2) is 7.16. The summed E-state index contributed by atoms with van der Waals surface area (Å²) >= 11 is 6.02. The largest absolute Gasteiger partial charge is 0.324 e. The Morgan fingerprint density at radius 1 is 1.11 bits per heavy atom. The zero-order valence-electron chi connectivity index (χ0n) is 16.2. The van der Waals surface area contributed by atoms with Crippen LogP contribution in [0.5, 0.6) is 0 Å². The Bertz CT molecular complexity index is 1000. The molecule has 0 spiro atoms. The van der Waals surface area contributed by atoms with Crippen LogP contribution < -0.4 is 0 Å². The average Bonchev–Trinajstić information content (AvgIpc) is 3.05. The number of nitrogens with zero attached hydrogens (tertiary/aromatic N) is 3. The van der Waals surface area contributed by atoms with Crippen LogP contribution in [0.2, 0.25) is 5.02 Å². The standard InChI is InChI=1S/C23H25ClFN3/c1-15-2-3-18-12-20(25)13-21-23(18)28(15)22(26-21)14-27-10-8-17(9-11-27)16-4-6-19(24)7-5-16/h4-7,12-13,15,17H,2-3,8-11,14H2,1H3. The molecule has 2 aromatic carbocycles. The molecule has 1 unspecified atom stereocenters. The van der Waals surface area contributed by atoms with Crippen LogP contribution in [-0.4, -0.2) is 27.5 Å². The third-order valence-corrected chi connectivity index (χ3v) is 6.72. The second-order valence-corrected chi connectivity index (χ2v) is 8.76. The molecule has 2 aliphatic rings. The molecule has 5 rings (SSSR count). The predicted octanol–water partition coefficient (Wildman–Crippen LogP) is 5.72. The van der Waals surface area contributed by atoms with Gasteiger partial charge in [-0.2, -0.15) is 0 Å². The molecule has 146 valence electrons. The van der Waals surface area contributed by atoms with E-state index in [1.807, 2.05) is 12.1 Å². The highest BCUT2D eigenvalue weighted by atomic mass is 35.5. The third-order valence-electron chi connectivity index (χ3n) is 6.47. The molecule has 0 radical (unpaired) electrons. The van der Waals surface area contributed by atoms with E-state index in [1.54, 1.807) is 12.1 Å². The number of likely N-dealkylation sites (tertiary alicyclic amines) is 1. The maximum atomic E-state index is 14.0. The van der Waals surface area contributed by atoms with E-state index >= 15 is 0 Å². The van der Waals surface area contributed by atoms with Crippen molar-refractivity contribution < 1.29 is 4.39 Å². The number of aromatic nitrogens is 2. The fourth-order valence-electron chi connectivity index (χ4n) is 4.95. The summed E-state index contributed by atoms with van der Waals surface area (Å²) in [6.45, 7) is 5.22. The maximum Gasteiger partial charge on any atom is 0.125 e. The van der Waals surface area contributed by atoms with Gasteiger partial charge < -0.3 is 4.57 Å². The van der Waals surface area contributed by atoms with E-state index in [-0.39, 0.29) is 5.82 Å². The van der Waals surface area contributed by atoms with Crippen molar-refractivity contribution in [1.29, 1.82) is 0 Å².